The first kappa shape index (κ1) is 24.1. The van der Waals surface area contributed by atoms with Gasteiger partial charge in [0.1, 0.15) is 5.75 Å². The van der Waals surface area contributed by atoms with Gasteiger partial charge in [0, 0.05) is 38.3 Å². The summed E-state index contributed by atoms with van der Waals surface area (Å²) >= 11 is 0. The Hall–Kier alpha value is -3.65. The molecule has 0 radical (unpaired) electrons. The van der Waals surface area contributed by atoms with Gasteiger partial charge >= 0.3 is 0 Å². The predicted octanol–water partition coefficient (Wildman–Crippen LogP) is 3.28. The lowest BCUT2D eigenvalue weighted by Gasteiger charge is -2.41. The summed E-state index contributed by atoms with van der Waals surface area (Å²) in [5.41, 5.74) is 1.80. The quantitative estimate of drug-likeness (QED) is 0.553. The van der Waals surface area contributed by atoms with Gasteiger partial charge in [-0.15, -0.1) is 0 Å². The fourth-order valence-corrected chi connectivity index (χ4v) is 5.70. The number of rotatable bonds is 7. The number of amides is 2. The van der Waals surface area contributed by atoms with E-state index in [0.29, 0.717) is 38.5 Å². The number of nitrogens with zero attached hydrogens (tertiary/aromatic N) is 4. The molecule has 2 fully saturated rings. The fourth-order valence-electron chi connectivity index (χ4n) is 5.70. The van der Waals surface area contributed by atoms with Crippen molar-refractivity contribution in [2.45, 2.75) is 25.3 Å². The van der Waals surface area contributed by atoms with Crippen LogP contribution in [-0.2, 0) is 23.2 Å². The second-order valence-corrected chi connectivity index (χ2v) is 9.86. The molecule has 0 bridgehead atoms. The molecule has 2 aliphatic heterocycles. The monoisotopic (exact) mass is 487 g/mol. The van der Waals surface area contributed by atoms with E-state index >= 15 is 0 Å². The van der Waals surface area contributed by atoms with Crippen LogP contribution in [0.3, 0.4) is 0 Å². The predicted molar refractivity (Wildman–Crippen MR) is 138 cm³/mol. The van der Waals surface area contributed by atoms with E-state index in [0.717, 1.165) is 29.7 Å². The topological polar surface area (TPSA) is 79.7 Å². The second kappa shape index (κ2) is 10.1. The third kappa shape index (κ3) is 4.86. The van der Waals surface area contributed by atoms with Crippen molar-refractivity contribution in [3.05, 3.63) is 78.0 Å². The zero-order valence-electron chi connectivity index (χ0n) is 20.9. The van der Waals surface area contributed by atoms with E-state index < -0.39 is 5.41 Å². The van der Waals surface area contributed by atoms with Gasteiger partial charge in [0.05, 0.1) is 19.1 Å². The first-order chi connectivity index (χ1) is 17.5. The Labute approximate surface area is 211 Å². The normalized spacial score (nSPS) is 19.6. The third-order valence-corrected chi connectivity index (χ3v) is 7.59. The van der Waals surface area contributed by atoms with Crippen molar-refractivity contribution in [2.24, 2.45) is 12.5 Å². The van der Waals surface area contributed by atoms with E-state index in [1.807, 2.05) is 42.3 Å². The number of anilines is 1. The molecule has 2 aromatic carbocycles. The minimum Gasteiger partial charge on any atom is -0.497 e. The SMILES string of the molecule is COc1cccc([C@H]2CN(Cc3ccccc3)C(=O)C23CCN(CC(=O)Nc2ccn(C)n2)CC3)c1. The molecule has 5 rings (SSSR count). The Bertz CT molecular complexity index is 1220. The molecule has 0 aliphatic carbocycles. The first-order valence-electron chi connectivity index (χ1n) is 12.5. The van der Waals surface area contributed by atoms with Crippen molar-refractivity contribution in [2.75, 3.05) is 38.6 Å². The molecule has 1 spiro atoms. The van der Waals surface area contributed by atoms with Crippen molar-refractivity contribution in [1.29, 1.82) is 0 Å². The summed E-state index contributed by atoms with van der Waals surface area (Å²) in [7, 11) is 3.49. The summed E-state index contributed by atoms with van der Waals surface area (Å²) in [5, 5.41) is 7.08. The average molecular weight is 488 g/mol. The van der Waals surface area contributed by atoms with Gasteiger partial charge in [0.25, 0.3) is 0 Å². The average Bonchev–Trinajstić information content (AvgIpc) is 3.42. The standard InChI is InChI=1S/C28H33N5O3/c1-31-14-11-25(30-31)29-26(34)20-32-15-12-28(13-16-32)24(22-9-6-10-23(17-22)36-2)19-33(27(28)35)18-21-7-4-3-5-8-21/h3-11,14,17,24H,12-13,15-16,18-20H2,1-2H3,(H,29,30,34)/t24-/m1/s1. The van der Waals surface area contributed by atoms with Crippen LogP contribution in [0.1, 0.15) is 29.9 Å². The van der Waals surface area contributed by atoms with Crippen LogP contribution in [0.25, 0.3) is 0 Å². The van der Waals surface area contributed by atoms with Crippen LogP contribution in [0.2, 0.25) is 0 Å². The number of benzene rings is 2. The number of aromatic nitrogens is 2. The third-order valence-electron chi connectivity index (χ3n) is 7.59. The zero-order valence-corrected chi connectivity index (χ0v) is 20.9. The van der Waals surface area contributed by atoms with Gasteiger partial charge < -0.3 is 15.0 Å². The maximum Gasteiger partial charge on any atom is 0.239 e. The number of carbonyl (C=O) groups is 2. The van der Waals surface area contributed by atoms with Crippen LogP contribution >= 0.6 is 0 Å². The molecule has 2 amide bonds. The first-order valence-corrected chi connectivity index (χ1v) is 12.5. The van der Waals surface area contributed by atoms with E-state index in [1.54, 1.807) is 24.1 Å². The van der Waals surface area contributed by atoms with Crippen molar-refractivity contribution in [1.82, 2.24) is 19.6 Å². The number of piperidine rings is 1. The number of likely N-dealkylation sites (tertiary alicyclic amines) is 2. The minimum absolute atomic E-state index is 0.0771. The number of hydrogen-bond donors (Lipinski definition) is 1. The summed E-state index contributed by atoms with van der Waals surface area (Å²) in [6, 6.07) is 20.1. The van der Waals surface area contributed by atoms with Gasteiger partial charge in [-0.25, -0.2) is 0 Å². The van der Waals surface area contributed by atoms with Gasteiger partial charge in [-0.05, 0) is 49.2 Å². The molecular weight excluding hydrogens is 454 g/mol. The number of carbonyl (C=O) groups excluding carboxylic acids is 2. The molecule has 188 valence electrons. The summed E-state index contributed by atoms with van der Waals surface area (Å²) in [6.07, 6.45) is 3.23. The molecule has 1 aromatic heterocycles. The molecule has 1 atom stereocenters. The number of aryl methyl sites for hydroxylation is 1. The number of hydrogen-bond acceptors (Lipinski definition) is 5. The van der Waals surface area contributed by atoms with Gasteiger partial charge in [-0.2, -0.15) is 5.10 Å². The molecular formula is C28H33N5O3. The van der Waals surface area contributed by atoms with E-state index in [1.165, 1.54) is 0 Å². The van der Waals surface area contributed by atoms with Crippen LogP contribution in [0.4, 0.5) is 5.82 Å². The van der Waals surface area contributed by atoms with E-state index in [2.05, 4.69) is 39.6 Å². The van der Waals surface area contributed by atoms with Gasteiger partial charge in [0.15, 0.2) is 5.82 Å². The minimum atomic E-state index is -0.477. The van der Waals surface area contributed by atoms with Crippen LogP contribution in [0, 0.1) is 5.41 Å². The molecule has 1 N–H and O–H groups in total. The molecule has 36 heavy (non-hydrogen) atoms. The molecule has 0 saturated carbocycles. The van der Waals surface area contributed by atoms with Gasteiger partial charge in [0.2, 0.25) is 11.8 Å². The lowest BCUT2D eigenvalue weighted by Crippen LogP contribution is -2.48. The van der Waals surface area contributed by atoms with Crippen molar-refractivity contribution >= 4 is 17.6 Å². The molecule has 2 aliphatic rings. The van der Waals surface area contributed by atoms with E-state index in [-0.39, 0.29) is 17.7 Å². The van der Waals surface area contributed by atoms with Crippen LogP contribution in [0.5, 0.6) is 5.75 Å². The molecule has 2 saturated heterocycles. The maximum absolute atomic E-state index is 14.0. The molecule has 3 heterocycles. The lowest BCUT2D eigenvalue weighted by molar-refractivity contribution is -0.139. The highest BCUT2D eigenvalue weighted by molar-refractivity contribution is 5.91. The Morgan fingerprint density at radius 2 is 1.89 bits per heavy atom. The van der Waals surface area contributed by atoms with E-state index in [4.69, 9.17) is 4.74 Å². The van der Waals surface area contributed by atoms with E-state index in [9.17, 15) is 9.59 Å². The molecule has 0 unspecified atom stereocenters. The van der Waals surface area contributed by atoms with Gasteiger partial charge in [-0.3, -0.25) is 19.2 Å². The van der Waals surface area contributed by atoms with Crippen molar-refractivity contribution < 1.29 is 14.3 Å². The summed E-state index contributed by atoms with van der Waals surface area (Å²) in [5.74, 6) is 1.57. The highest BCUT2D eigenvalue weighted by Crippen LogP contribution is 2.51. The van der Waals surface area contributed by atoms with Crippen LogP contribution in [0.15, 0.2) is 66.9 Å². The fraction of sp³-hybridized carbons (Fsp3) is 0.393. The highest BCUT2D eigenvalue weighted by Gasteiger charge is 2.55. The molecule has 3 aromatic rings. The number of nitrogens with one attached hydrogen (secondary N) is 1. The lowest BCUT2D eigenvalue weighted by atomic mass is 9.68. The second-order valence-electron chi connectivity index (χ2n) is 9.86. The zero-order chi connectivity index (χ0) is 25.1. The summed E-state index contributed by atoms with van der Waals surface area (Å²) in [6.45, 7) is 2.97. The summed E-state index contributed by atoms with van der Waals surface area (Å²) < 4.78 is 7.15. The Balaban J connectivity index is 1.33. The summed E-state index contributed by atoms with van der Waals surface area (Å²) in [4.78, 5) is 30.7. The highest BCUT2D eigenvalue weighted by atomic mass is 16.5. The van der Waals surface area contributed by atoms with Crippen LogP contribution in [-0.4, -0.2) is 64.7 Å². The Morgan fingerprint density at radius 1 is 1.11 bits per heavy atom. The van der Waals surface area contributed by atoms with Gasteiger partial charge in [-0.1, -0.05) is 42.5 Å². The van der Waals surface area contributed by atoms with Crippen molar-refractivity contribution in [3.8, 4) is 5.75 Å². The van der Waals surface area contributed by atoms with Crippen LogP contribution < -0.4 is 10.1 Å². The Morgan fingerprint density at radius 3 is 2.58 bits per heavy atom. The van der Waals surface area contributed by atoms with Crippen molar-refractivity contribution in [3.63, 3.8) is 0 Å². The largest absolute Gasteiger partial charge is 0.497 e. The number of methoxy groups -OCH3 is 1. The molecule has 8 nitrogen and oxygen atoms in total. The number of ether oxygens (including phenoxy) is 1. The Kier molecular flexibility index (Phi) is 6.78. The smallest absolute Gasteiger partial charge is 0.239 e. The maximum atomic E-state index is 14.0. The molecule has 8 heteroatoms.